The van der Waals surface area contributed by atoms with Crippen LogP contribution in [0.3, 0.4) is 0 Å². The van der Waals surface area contributed by atoms with E-state index >= 15 is 0 Å². The van der Waals surface area contributed by atoms with Crippen molar-refractivity contribution in [3.05, 3.63) is 28.8 Å². The van der Waals surface area contributed by atoms with E-state index < -0.39 is 6.10 Å². The third-order valence-electron chi connectivity index (χ3n) is 3.36. The molecule has 1 aromatic rings. The molecule has 1 heterocycles. The van der Waals surface area contributed by atoms with Crippen molar-refractivity contribution in [2.75, 3.05) is 20.2 Å². The number of likely N-dealkylation sites (tertiary alicyclic amines) is 1. The van der Waals surface area contributed by atoms with E-state index in [-0.39, 0.29) is 6.03 Å². The number of aliphatic hydroxyl groups excluding tert-OH is 1. The Morgan fingerprint density at radius 3 is 3.10 bits per heavy atom. The maximum atomic E-state index is 12.0. The molecule has 110 valence electrons. The summed E-state index contributed by atoms with van der Waals surface area (Å²) in [5.74, 6) is 0.650. The first-order valence-electron chi connectivity index (χ1n) is 6.63. The fourth-order valence-electron chi connectivity index (χ4n) is 2.29. The number of aliphatic hydroxyl groups is 1. The maximum Gasteiger partial charge on any atom is 0.317 e. The number of hydrogen-bond acceptors (Lipinski definition) is 3. The molecule has 0 unspecified atom stereocenters. The van der Waals surface area contributed by atoms with Gasteiger partial charge in [0.1, 0.15) is 5.75 Å². The summed E-state index contributed by atoms with van der Waals surface area (Å²) in [5, 5.41) is 13.0. The first kappa shape index (κ1) is 14.9. The van der Waals surface area contributed by atoms with Gasteiger partial charge in [-0.2, -0.15) is 0 Å². The number of hydrogen-bond donors (Lipinski definition) is 2. The Kier molecular flexibility index (Phi) is 5.09. The topological polar surface area (TPSA) is 61.8 Å². The Bertz CT molecular complexity index is 481. The Morgan fingerprint density at radius 2 is 2.40 bits per heavy atom. The van der Waals surface area contributed by atoms with Crippen molar-refractivity contribution in [3.63, 3.8) is 0 Å². The molecule has 1 aromatic carbocycles. The van der Waals surface area contributed by atoms with Gasteiger partial charge >= 0.3 is 6.03 Å². The average Bonchev–Trinajstić information content (AvgIpc) is 2.45. The normalized spacial score (nSPS) is 18.8. The van der Waals surface area contributed by atoms with E-state index in [4.69, 9.17) is 16.3 Å². The lowest BCUT2D eigenvalue weighted by Gasteiger charge is -2.30. The van der Waals surface area contributed by atoms with Crippen molar-refractivity contribution in [3.8, 4) is 5.75 Å². The number of halogens is 1. The molecule has 1 aliphatic rings. The molecule has 2 N–H and O–H groups in total. The van der Waals surface area contributed by atoms with Gasteiger partial charge in [-0.3, -0.25) is 0 Å². The van der Waals surface area contributed by atoms with E-state index in [0.717, 1.165) is 18.4 Å². The first-order valence-corrected chi connectivity index (χ1v) is 7.01. The van der Waals surface area contributed by atoms with Crippen molar-refractivity contribution in [2.24, 2.45) is 0 Å². The third kappa shape index (κ3) is 3.77. The van der Waals surface area contributed by atoms with Crippen LogP contribution in [0.2, 0.25) is 5.02 Å². The molecule has 2 rings (SSSR count). The van der Waals surface area contributed by atoms with Gasteiger partial charge in [-0.15, -0.1) is 0 Å². The van der Waals surface area contributed by atoms with E-state index in [1.54, 1.807) is 24.1 Å². The lowest BCUT2D eigenvalue weighted by atomic mass is 10.1. The second-order valence-electron chi connectivity index (χ2n) is 4.86. The number of amides is 2. The number of benzene rings is 1. The Hall–Kier alpha value is -1.46. The highest BCUT2D eigenvalue weighted by Gasteiger charge is 2.21. The lowest BCUT2D eigenvalue weighted by molar-refractivity contribution is 0.0841. The van der Waals surface area contributed by atoms with E-state index in [9.17, 15) is 9.90 Å². The van der Waals surface area contributed by atoms with Crippen LogP contribution in [0, 0.1) is 0 Å². The molecule has 0 radical (unpaired) electrons. The molecule has 1 saturated heterocycles. The van der Waals surface area contributed by atoms with Gasteiger partial charge in [0, 0.05) is 30.2 Å². The summed E-state index contributed by atoms with van der Waals surface area (Å²) in [6.45, 7) is 1.44. The van der Waals surface area contributed by atoms with E-state index in [0.29, 0.717) is 30.4 Å². The third-order valence-corrected chi connectivity index (χ3v) is 3.60. The van der Waals surface area contributed by atoms with Crippen molar-refractivity contribution < 1.29 is 14.6 Å². The zero-order valence-electron chi connectivity index (χ0n) is 11.4. The number of carbonyl (C=O) groups excluding carboxylic acids is 1. The molecule has 6 heteroatoms. The van der Waals surface area contributed by atoms with Gasteiger partial charge in [-0.1, -0.05) is 17.7 Å². The monoisotopic (exact) mass is 298 g/mol. The van der Waals surface area contributed by atoms with Gasteiger partial charge in [0.15, 0.2) is 0 Å². The summed E-state index contributed by atoms with van der Waals surface area (Å²) in [6.07, 6.45) is 1.17. The molecular weight excluding hydrogens is 280 g/mol. The van der Waals surface area contributed by atoms with Crippen LogP contribution in [-0.2, 0) is 6.54 Å². The average molecular weight is 299 g/mol. The van der Waals surface area contributed by atoms with Crippen LogP contribution in [-0.4, -0.2) is 42.3 Å². The molecule has 0 bridgehead atoms. The highest BCUT2D eigenvalue weighted by Crippen LogP contribution is 2.23. The second kappa shape index (κ2) is 6.81. The first-order chi connectivity index (χ1) is 9.60. The van der Waals surface area contributed by atoms with E-state index in [1.807, 2.05) is 6.07 Å². The summed E-state index contributed by atoms with van der Waals surface area (Å²) < 4.78 is 5.23. The van der Waals surface area contributed by atoms with Gasteiger partial charge in [-0.05, 0) is 25.0 Å². The predicted molar refractivity (Wildman–Crippen MR) is 77.1 cm³/mol. The van der Waals surface area contributed by atoms with Gasteiger partial charge in [0.25, 0.3) is 0 Å². The molecule has 1 aliphatic heterocycles. The summed E-state index contributed by atoms with van der Waals surface area (Å²) in [4.78, 5) is 13.7. The number of nitrogens with one attached hydrogen (secondary N) is 1. The van der Waals surface area contributed by atoms with Crippen LogP contribution in [0.1, 0.15) is 18.4 Å². The number of piperidine rings is 1. The molecule has 0 aliphatic carbocycles. The van der Waals surface area contributed by atoms with Crippen LogP contribution >= 0.6 is 11.6 Å². The zero-order chi connectivity index (χ0) is 14.5. The SMILES string of the molecule is COc1cc(Cl)ccc1CNC(=O)N1CCC[C@H](O)C1. The number of β-amino-alcohol motifs (C(OH)–C–C–N with tert-alkyl or cyclic N) is 1. The van der Waals surface area contributed by atoms with Gasteiger partial charge in [0.2, 0.25) is 0 Å². The van der Waals surface area contributed by atoms with Crippen molar-refractivity contribution in [2.45, 2.75) is 25.5 Å². The van der Waals surface area contributed by atoms with Crippen LogP contribution in [0.4, 0.5) is 4.79 Å². The van der Waals surface area contributed by atoms with E-state index in [1.165, 1.54) is 0 Å². The molecule has 1 atom stereocenters. The Labute approximate surface area is 123 Å². The molecule has 0 spiro atoms. The van der Waals surface area contributed by atoms with Crippen molar-refractivity contribution in [1.29, 1.82) is 0 Å². The minimum atomic E-state index is -0.417. The summed E-state index contributed by atoms with van der Waals surface area (Å²) in [5.41, 5.74) is 0.864. The molecule has 5 nitrogen and oxygen atoms in total. The van der Waals surface area contributed by atoms with Crippen LogP contribution < -0.4 is 10.1 Å². The largest absolute Gasteiger partial charge is 0.496 e. The number of nitrogens with zero attached hydrogens (tertiary/aromatic N) is 1. The minimum Gasteiger partial charge on any atom is -0.496 e. The quantitative estimate of drug-likeness (QED) is 0.897. The minimum absolute atomic E-state index is 0.166. The zero-order valence-corrected chi connectivity index (χ0v) is 12.2. The van der Waals surface area contributed by atoms with Crippen LogP contribution in [0.15, 0.2) is 18.2 Å². The van der Waals surface area contributed by atoms with Crippen molar-refractivity contribution >= 4 is 17.6 Å². The summed E-state index contributed by atoms with van der Waals surface area (Å²) in [6, 6.07) is 5.14. The highest BCUT2D eigenvalue weighted by molar-refractivity contribution is 6.30. The maximum absolute atomic E-state index is 12.0. The molecule has 1 fully saturated rings. The number of methoxy groups -OCH3 is 1. The number of ether oxygens (including phenoxy) is 1. The highest BCUT2D eigenvalue weighted by atomic mass is 35.5. The molecular formula is C14H19ClN2O3. The lowest BCUT2D eigenvalue weighted by Crippen LogP contribution is -2.46. The second-order valence-corrected chi connectivity index (χ2v) is 5.29. The summed E-state index contributed by atoms with van der Waals surface area (Å²) >= 11 is 5.89. The Balaban J connectivity index is 1.93. The molecule has 2 amide bonds. The predicted octanol–water partition coefficient (Wildman–Crippen LogP) is 2.01. The smallest absolute Gasteiger partial charge is 0.317 e. The van der Waals surface area contributed by atoms with Crippen molar-refractivity contribution in [1.82, 2.24) is 10.2 Å². The number of urea groups is 1. The van der Waals surface area contributed by atoms with Crippen LogP contribution in [0.25, 0.3) is 0 Å². The molecule has 0 aromatic heterocycles. The standard InChI is InChI=1S/C14H19ClN2O3/c1-20-13-7-11(15)5-4-10(13)8-16-14(19)17-6-2-3-12(18)9-17/h4-5,7,12,18H,2-3,6,8-9H2,1H3,(H,16,19)/t12-/m0/s1. The van der Waals surface area contributed by atoms with Gasteiger partial charge in [-0.25, -0.2) is 4.79 Å². The van der Waals surface area contributed by atoms with Gasteiger partial charge in [0.05, 0.1) is 13.2 Å². The fraction of sp³-hybridized carbons (Fsp3) is 0.500. The number of carbonyl (C=O) groups is 1. The molecule has 20 heavy (non-hydrogen) atoms. The Morgan fingerprint density at radius 1 is 1.60 bits per heavy atom. The summed E-state index contributed by atoms with van der Waals surface area (Å²) in [7, 11) is 1.57. The fourth-order valence-corrected chi connectivity index (χ4v) is 2.45. The van der Waals surface area contributed by atoms with Gasteiger partial charge < -0.3 is 20.1 Å². The van der Waals surface area contributed by atoms with Crippen LogP contribution in [0.5, 0.6) is 5.75 Å². The number of rotatable bonds is 3. The molecule has 0 saturated carbocycles. The van der Waals surface area contributed by atoms with E-state index in [2.05, 4.69) is 5.32 Å².